The average molecular weight is 343 g/mol. The lowest BCUT2D eigenvalue weighted by molar-refractivity contribution is 0.214. The van der Waals surface area contributed by atoms with Gasteiger partial charge in [0.25, 0.3) is 0 Å². The van der Waals surface area contributed by atoms with E-state index < -0.39 is 0 Å². The minimum atomic E-state index is 0.0420. The monoisotopic (exact) mass is 343 g/mol. The van der Waals surface area contributed by atoms with Crippen LogP contribution >= 0.6 is 12.2 Å². The van der Waals surface area contributed by atoms with Crippen molar-refractivity contribution >= 4 is 17.2 Å². The van der Waals surface area contributed by atoms with E-state index in [4.69, 9.17) is 27.4 Å². The van der Waals surface area contributed by atoms with Gasteiger partial charge in [0.2, 0.25) is 0 Å². The molecule has 0 spiro atoms. The van der Waals surface area contributed by atoms with Crippen LogP contribution in [-0.2, 0) is 5.41 Å². The van der Waals surface area contributed by atoms with Gasteiger partial charge in [-0.3, -0.25) is 0 Å². The van der Waals surface area contributed by atoms with E-state index in [1.54, 1.807) is 0 Å². The first-order valence-corrected chi connectivity index (χ1v) is 8.45. The third-order valence-electron chi connectivity index (χ3n) is 3.69. The fraction of sp³-hybridized carbons (Fsp3) is 0.350. The van der Waals surface area contributed by atoms with Gasteiger partial charge in [0.1, 0.15) is 29.7 Å². The molecule has 0 atom stereocenters. The fourth-order valence-electron chi connectivity index (χ4n) is 2.40. The average Bonchev–Trinajstić information content (AvgIpc) is 2.51. The van der Waals surface area contributed by atoms with Crippen LogP contribution in [0.1, 0.15) is 37.5 Å². The second kappa shape index (κ2) is 7.67. The maximum Gasteiger partial charge on any atom is 0.123 e. The lowest BCUT2D eigenvalue weighted by Gasteiger charge is -2.23. The van der Waals surface area contributed by atoms with Gasteiger partial charge in [-0.05, 0) is 53.8 Å². The topological polar surface area (TPSA) is 44.5 Å². The SMILES string of the molecule is Cc1ccc(C(C)(C)C)c(OCCOc2ccc(C(N)=S)cc2)c1. The van der Waals surface area contributed by atoms with E-state index in [-0.39, 0.29) is 5.41 Å². The van der Waals surface area contributed by atoms with Gasteiger partial charge in [0.15, 0.2) is 0 Å². The first-order valence-electron chi connectivity index (χ1n) is 8.04. The van der Waals surface area contributed by atoms with E-state index >= 15 is 0 Å². The van der Waals surface area contributed by atoms with Gasteiger partial charge >= 0.3 is 0 Å². The molecule has 2 aromatic rings. The molecule has 128 valence electrons. The highest BCUT2D eigenvalue weighted by Gasteiger charge is 2.18. The molecular weight excluding hydrogens is 318 g/mol. The van der Waals surface area contributed by atoms with Gasteiger partial charge in [0.05, 0.1) is 0 Å². The molecule has 0 aliphatic rings. The van der Waals surface area contributed by atoms with Crippen molar-refractivity contribution < 1.29 is 9.47 Å². The van der Waals surface area contributed by atoms with Gasteiger partial charge in [-0.25, -0.2) is 0 Å². The first-order chi connectivity index (χ1) is 11.3. The Morgan fingerprint density at radius 2 is 1.62 bits per heavy atom. The summed E-state index contributed by atoms with van der Waals surface area (Å²) >= 11 is 4.94. The summed E-state index contributed by atoms with van der Waals surface area (Å²) in [4.78, 5) is 0.388. The van der Waals surface area contributed by atoms with Crippen LogP contribution in [0.5, 0.6) is 11.5 Å². The molecule has 0 saturated heterocycles. The van der Waals surface area contributed by atoms with Gasteiger partial charge in [-0.2, -0.15) is 0 Å². The Labute approximate surface area is 149 Å². The molecule has 0 saturated carbocycles. The summed E-state index contributed by atoms with van der Waals surface area (Å²) in [7, 11) is 0. The Kier molecular flexibility index (Phi) is 5.84. The van der Waals surface area contributed by atoms with Crippen molar-refractivity contribution in [3.8, 4) is 11.5 Å². The summed E-state index contributed by atoms with van der Waals surface area (Å²) in [5, 5.41) is 0. The predicted molar refractivity (Wildman–Crippen MR) is 103 cm³/mol. The molecular formula is C20H25NO2S. The number of benzene rings is 2. The Morgan fingerprint density at radius 3 is 2.21 bits per heavy atom. The number of hydrogen-bond donors (Lipinski definition) is 1. The Balaban J connectivity index is 1.93. The van der Waals surface area contributed by atoms with E-state index in [9.17, 15) is 0 Å². The number of nitrogens with two attached hydrogens (primary N) is 1. The zero-order valence-electron chi connectivity index (χ0n) is 14.8. The molecule has 0 radical (unpaired) electrons. The van der Waals surface area contributed by atoms with Gasteiger partial charge in [-0.1, -0.05) is 45.1 Å². The molecule has 0 fully saturated rings. The maximum absolute atomic E-state index is 5.96. The summed E-state index contributed by atoms with van der Waals surface area (Å²) in [5.74, 6) is 1.70. The molecule has 0 aliphatic carbocycles. The zero-order valence-corrected chi connectivity index (χ0v) is 15.6. The molecule has 0 heterocycles. The molecule has 2 aromatic carbocycles. The third kappa shape index (κ3) is 4.96. The summed E-state index contributed by atoms with van der Waals surface area (Å²) in [5.41, 5.74) is 8.85. The second-order valence-corrected chi connectivity index (χ2v) is 7.27. The third-order valence-corrected chi connectivity index (χ3v) is 3.93. The highest BCUT2D eigenvalue weighted by molar-refractivity contribution is 7.80. The highest BCUT2D eigenvalue weighted by Crippen LogP contribution is 2.32. The fourth-order valence-corrected chi connectivity index (χ4v) is 2.53. The van der Waals surface area contributed by atoms with Gasteiger partial charge in [0, 0.05) is 5.56 Å². The van der Waals surface area contributed by atoms with Gasteiger partial charge < -0.3 is 15.2 Å². The molecule has 0 aliphatic heterocycles. The number of aryl methyl sites for hydroxylation is 1. The van der Waals surface area contributed by atoms with E-state index in [1.165, 1.54) is 11.1 Å². The molecule has 4 heteroatoms. The minimum Gasteiger partial charge on any atom is -0.490 e. The summed E-state index contributed by atoms with van der Waals surface area (Å²) in [6, 6.07) is 13.8. The van der Waals surface area contributed by atoms with Crippen molar-refractivity contribution in [2.45, 2.75) is 33.1 Å². The molecule has 2 N–H and O–H groups in total. The lowest BCUT2D eigenvalue weighted by Crippen LogP contribution is -2.16. The summed E-state index contributed by atoms with van der Waals surface area (Å²) < 4.78 is 11.7. The van der Waals surface area contributed by atoms with Crippen LogP contribution in [0.3, 0.4) is 0 Å². The number of rotatable bonds is 6. The quantitative estimate of drug-likeness (QED) is 0.624. The molecule has 0 bridgehead atoms. The normalized spacial score (nSPS) is 11.2. The number of ether oxygens (including phenoxy) is 2. The predicted octanol–water partition coefficient (Wildman–Crippen LogP) is 4.38. The van der Waals surface area contributed by atoms with E-state index in [2.05, 4.69) is 45.9 Å². The molecule has 24 heavy (non-hydrogen) atoms. The van der Waals surface area contributed by atoms with Crippen LogP contribution in [0, 0.1) is 6.92 Å². The largest absolute Gasteiger partial charge is 0.490 e. The zero-order chi connectivity index (χ0) is 17.7. The van der Waals surface area contributed by atoms with Crippen LogP contribution in [0.15, 0.2) is 42.5 Å². The van der Waals surface area contributed by atoms with Crippen LogP contribution in [-0.4, -0.2) is 18.2 Å². The van der Waals surface area contributed by atoms with Crippen molar-refractivity contribution in [1.82, 2.24) is 0 Å². The van der Waals surface area contributed by atoms with Crippen LogP contribution < -0.4 is 15.2 Å². The lowest BCUT2D eigenvalue weighted by atomic mass is 9.86. The highest BCUT2D eigenvalue weighted by atomic mass is 32.1. The van der Waals surface area contributed by atoms with Crippen molar-refractivity contribution in [2.24, 2.45) is 5.73 Å². The summed E-state index contributed by atoms with van der Waals surface area (Å²) in [6.45, 7) is 9.59. The minimum absolute atomic E-state index is 0.0420. The van der Waals surface area contributed by atoms with Crippen molar-refractivity contribution in [2.75, 3.05) is 13.2 Å². The van der Waals surface area contributed by atoms with Crippen LogP contribution in [0.2, 0.25) is 0 Å². The number of thiocarbonyl (C=S) groups is 1. The van der Waals surface area contributed by atoms with Crippen molar-refractivity contribution in [3.05, 3.63) is 59.2 Å². The standard InChI is InChI=1S/C20H25NO2S/c1-14-5-10-17(20(2,3)4)18(13-14)23-12-11-22-16-8-6-15(7-9-16)19(21)24/h5-10,13H,11-12H2,1-4H3,(H2,21,24). The molecule has 0 unspecified atom stereocenters. The first kappa shape index (κ1) is 18.3. The molecule has 0 aromatic heterocycles. The smallest absolute Gasteiger partial charge is 0.123 e. The van der Waals surface area contributed by atoms with Crippen LogP contribution in [0.4, 0.5) is 0 Å². The Bertz CT molecular complexity index is 703. The van der Waals surface area contributed by atoms with E-state index in [0.717, 1.165) is 17.1 Å². The summed E-state index contributed by atoms with van der Waals surface area (Å²) in [6.07, 6.45) is 0. The van der Waals surface area contributed by atoms with Gasteiger partial charge in [-0.15, -0.1) is 0 Å². The Hall–Kier alpha value is -2.07. The van der Waals surface area contributed by atoms with Crippen molar-refractivity contribution in [3.63, 3.8) is 0 Å². The second-order valence-electron chi connectivity index (χ2n) is 6.84. The van der Waals surface area contributed by atoms with Crippen molar-refractivity contribution in [1.29, 1.82) is 0 Å². The van der Waals surface area contributed by atoms with E-state index in [1.807, 2.05) is 24.3 Å². The Morgan fingerprint density at radius 1 is 1.00 bits per heavy atom. The molecule has 2 rings (SSSR count). The molecule has 3 nitrogen and oxygen atoms in total. The maximum atomic E-state index is 5.96. The van der Waals surface area contributed by atoms with Crippen LogP contribution in [0.25, 0.3) is 0 Å². The van der Waals surface area contributed by atoms with E-state index in [0.29, 0.717) is 18.2 Å². The molecule has 0 amide bonds. The number of hydrogen-bond acceptors (Lipinski definition) is 3.